The van der Waals surface area contributed by atoms with Gasteiger partial charge in [0.1, 0.15) is 35.7 Å². The van der Waals surface area contributed by atoms with Crippen molar-refractivity contribution in [1.29, 1.82) is 0 Å². The third kappa shape index (κ3) is 18.4. The van der Waals surface area contributed by atoms with Crippen molar-refractivity contribution in [3.63, 3.8) is 0 Å². The molecule has 4 aromatic rings. The fourth-order valence-corrected chi connectivity index (χ4v) is 7.17. The number of pyridine rings is 1. The van der Waals surface area contributed by atoms with Gasteiger partial charge in [0.25, 0.3) is 5.91 Å². The lowest BCUT2D eigenvalue weighted by Crippen LogP contribution is -2.59. The molecule has 0 aliphatic carbocycles. The summed E-state index contributed by atoms with van der Waals surface area (Å²) in [4.78, 5) is 110. The van der Waals surface area contributed by atoms with E-state index in [1.807, 2.05) is 54.6 Å². The first-order chi connectivity index (χ1) is 34.1. The minimum Gasteiger partial charge on any atom is -0.494 e. The van der Waals surface area contributed by atoms with Gasteiger partial charge in [0.15, 0.2) is 0 Å². The molecule has 1 unspecified atom stereocenters. The summed E-state index contributed by atoms with van der Waals surface area (Å²) in [6.45, 7) is 3.66. The minimum absolute atomic E-state index is 0.0223. The van der Waals surface area contributed by atoms with Crippen molar-refractivity contribution in [2.24, 2.45) is 11.0 Å². The second-order valence-electron chi connectivity index (χ2n) is 16.7. The molecule has 5 rings (SSSR count). The van der Waals surface area contributed by atoms with E-state index in [9.17, 15) is 43.5 Å². The molecule has 10 N–H and O–H groups in total. The van der Waals surface area contributed by atoms with E-state index in [0.717, 1.165) is 16.0 Å². The second-order valence-corrected chi connectivity index (χ2v) is 17.2. The van der Waals surface area contributed by atoms with Crippen molar-refractivity contribution in [1.82, 2.24) is 47.5 Å². The van der Waals surface area contributed by atoms with Gasteiger partial charge in [-0.15, -0.1) is 12.6 Å². The van der Waals surface area contributed by atoms with Crippen LogP contribution in [0.3, 0.4) is 0 Å². The number of nitrogens with one attached hydrogen (secondary N) is 9. The number of ether oxygens (including phenoxy) is 1. The van der Waals surface area contributed by atoms with Crippen LogP contribution in [-0.2, 0) is 41.7 Å². The number of thiol groups is 1. The molecule has 1 saturated heterocycles. The average molecular weight is 994 g/mol. The summed E-state index contributed by atoms with van der Waals surface area (Å²) in [5.41, 5.74) is 5.45. The number of hydrogen-bond acceptors (Lipinski definition) is 13. The van der Waals surface area contributed by atoms with Gasteiger partial charge < -0.3 is 52.4 Å². The Morgan fingerprint density at radius 1 is 0.775 bits per heavy atom. The van der Waals surface area contributed by atoms with E-state index in [-0.39, 0.29) is 38.3 Å². The number of hydrazone groups is 1. The number of anilines is 1. The normalized spacial score (nSPS) is 17.8. The third-order valence-electron chi connectivity index (χ3n) is 10.8. The van der Waals surface area contributed by atoms with E-state index < -0.39 is 84.6 Å². The Kier molecular flexibility index (Phi) is 21.2. The Labute approximate surface area is 415 Å². The molecule has 1 aromatic heterocycles. The van der Waals surface area contributed by atoms with E-state index in [4.69, 9.17) is 4.74 Å². The number of carboxylic acids is 1. The standard InChI is InChI=1S/C49H59N11O10S/c1-30(2)43-48(68)57-36(13-8-21-51-49(69)54-26-32-10-4-3-5-11-32)45(65)53-29-41(61)56-38(25-42(62)63)46(66)58-37(47(67)59-43)24-31-15-18-35(19-16-31)70-23-9-22-50-44(64)34-17-20-40(52-27-34)60-55-28-33-12-6-7-14-39(33)71/h3-7,10-12,14-20,27-28,30,36-38,43,71H,8-9,13,21-26,29H2,1-2H3,(H,50,64)(H,52,60)(H,53,65)(H,56,61)(H,57,68)(H,58,66)(H,59,67)(H,62,63)(H2,51,54,69)/b55-28+/t36-,37+,38-,43?/m0/s1. The fourth-order valence-electron chi connectivity index (χ4n) is 6.95. The van der Waals surface area contributed by atoms with Gasteiger partial charge in [0, 0.05) is 42.7 Å². The number of urea groups is 1. The number of nitrogens with zero attached hydrogens (tertiary/aromatic N) is 2. The van der Waals surface area contributed by atoms with Crippen molar-refractivity contribution in [2.45, 2.75) is 81.6 Å². The highest BCUT2D eigenvalue weighted by Crippen LogP contribution is 2.16. The fraction of sp³-hybridized carbons (Fsp3) is 0.347. The summed E-state index contributed by atoms with van der Waals surface area (Å²) in [7, 11) is 0. The van der Waals surface area contributed by atoms with Crippen LogP contribution < -0.4 is 52.7 Å². The zero-order valence-corrected chi connectivity index (χ0v) is 40.1. The maximum absolute atomic E-state index is 14.0. The lowest BCUT2D eigenvalue weighted by molar-refractivity contribution is -0.141. The van der Waals surface area contributed by atoms with E-state index in [1.54, 1.807) is 56.5 Å². The molecule has 71 heavy (non-hydrogen) atoms. The molecule has 3 aromatic carbocycles. The van der Waals surface area contributed by atoms with E-state index >= 15 is 0 Å². The molecule has 0 spiro atoms. The first-order valence-electron chi connectivity index (χ1n) is 22.9. The van der Waals surface area contributed by atoms with Crippen molar-refractivity contribution >= 4 is 72.1 Å². The van der Waals surface area contributed by atoms with E-state index in [0.29, 0.717) is 42.2 Å². The molecular formula is C49H59N11O10S. The highest BCUT2D eigenvalue weighted by atomic mass is 32.1. The van der Waals surface area contributed by atoms with Gasteiger partial charge in [-0.05, 0) is 66.6 Å². The van der Waals surface area contributed by atoms with Crippen LogP contribution in [0.4, 0.5) is 10.6 Å². The van der Waals surface area contributed by atoms with Gasteiger partial charge in [0.2, 0.25) is 29.5 Å². The molecule has 21 nitrogen and oxygen atoms in total. The van der Waals surface area contributed by atoms with Gasteiger partial charge in [-0.25, -0.2) is 9.78 Å². The van der Waals surface area contributed by atoms with Gasteiger partial charge in [-0.1, -0.05) is 74.5 Å². The van der Waals surface area contributed by atoms with E-state index in [1.165, 1.54) is 6.20 Å². The molecule has 2 heterocycles. The first kappa shape index (κ1) is 53.9. The summed E-state index contributed by atoms with van der Waals surface area (Å²) in [5.74, 6) is -5.48. The highest BCUT2D eigenvalue weighted by Gasteiger charge is 2.34. The summed E-state index contributed by atoms with van der Waals surface area (Å²) in [6, 6.07) is 20.8. The van der Waals surface area contributed by atoms with Crippen LogP contribution in [0.15, 0.2) is 107 Å². The monoisotopic (exact) mass is 993 g/mol. The lowest BCUT2D eigenvalue weighted by Gasteiger charge is -2.27. The third-order valence-corrected chi connectivity index (χ3v) is 11.2. The molecular weight excluding hydrogens is 935 g/mol. The van der Waals surface area contributed by atoms with Gasteiger partial charge >= 0.3 is 12.0 Å². The largest absolute Gasteiger partial charge is 0.494 e. The Bertz CT molecular complexity index is 2500. The van der Waals surface area contributed by atoms with Crippen molar-refractivity contribution in [2.75, 3.05) is 31.7 Å². The Morgan fingerprint density at radius 3 is 2.18 bits per heavy atom. The quantitative estimate of drug-likeness (QED) is 0.0263. The number of hydrogen-bond donors (Lipinski definition) is 11. The molecule has 0 radical (unpaired) electrons. The number of benzene rings is 3. The van der Waals surface area contributed by atoms with Crippen molar-refractivity contribution in [3.8, 4) is 5.75 Å². The SMILES string of the molecule is CC(C)C1NC(=O)[C@@H](Cc2ccc(OCCCNC(=O)c3ccc(N/N=C/c4ccccc4S)nc3)cc2)NC(=O)[C@H](CC(=O)O)NC(=O)CNC(=O)[C@H](CCCNC(=O)NCc2ccccc2)NC1=O. The maximum atomic E-state index is 14.0. The molecule has 4 atom stereocenters. The highest BCUT2D eigenvalue weighted by molar-refractivity contribution is 7.80. The zero-order valence-electron chi connectivity index (χ0n) is 39.2. The summed E-state index contributed by atoms with van der Waals surface area (Å²) in [6.07, 6.45) is 2.79. The molecule has 8 amide bonds. The van der Waals surface area contributed by atoms with Crippen LogP contribution in [0.1, 0.15) is 66.6 Å². The van der Waals surface area contributed by atoms with Gasteiger partial charge in [0.05, 0.1) is 31.4 Å². The molecule has 22 heteroatoms. The lowest BCUT2D eigenvalue weighted by atomic mass is 9.99. The predicted molar refractivity (Wildman–Crippen MR) is 265 cm³/mol. The number of aromatic nitrogens is 1. The number of amides is 8. The Hall–Kier alpha value is -8.01. The summed E-state index contributed by atoms with van der Waals surface area (Å²) >= 11 is 4.39. The van der Waals surface area contributed by atoms with Crippen LogP contribution >= 0.6 is 12.6 Å². The van der Waals surface area contributed by atoms with E-state index in [2.05, 4.69) is 70.7 Å². The minimum atomic E-state index is -1.64. The molecule has 0 bridgehead atoms. The smallest absolute Gasteiger partial charge is 0.315 e. The number of carbonyl (C=O) groups is 8. The topological polar surface area (TPSA) is 300 Å². The van der Waals surface area contributed by atoms with Crippen molar-refractivity contribution < 1.29 is 48.2 Å². The maximum Gasteiger partial charge on any atom is 0.315 e. The molecule has 1 aliphatic heterocycles. The number of aliphatic carboxylic acids is 1. The predicted octanol–water partition coefficient (Wildman–Crippen LogP) is 2.04. The Balaban J connectivity index is 1.16. The van der Waals surface area contributed by atoms with Gasteiger partial charge in [-0.2, -0.15) is 5.10 Å². The van der Waals surface area contributed by atoms with Crippen LogP contribution in [0.5, 0.6) is 5.75 Å². The van der Waals surface area contributed by atoms with Crippen LogP contribution in [-0.4, -0.2) is 114 Å². The molecule has 0 saturated carbocycles. The second kappa shape index (κ2) is 27.9. The average Bonchev–Trinajstić information content (AvgIpc) is 3.35. The molecule has 376 valence electrons. The van der Waals surface area contributed by atoms with Crippen LogP contribution in [0.2, 0.25) is 0 Å². The first-order valence-corrected chi connectivity index (χ1v) is 23.4. The number of carbonyl (C=O) groups excluding carboxylic acids is 7. The zero-order chi connectivity index (χ0) is 51.1. The van der Waals surface area contributed by atoms with Crippen LogP contribution in [0.25, 0.3) is 0 Å². The van der Waals surface area contributed by atoms with Crippen LogP contribution in [0, 0.1) is 5.92 Å². The van der Waals surface area contributed by atoms with Gasteiger partial charge in [-0.3, -0.25) is 39.0 Å². The molecule has 1 aliphatic rings. The Morgan fingerprint density at radius 2 is 1.48 bits per heavy atom. The summed E-state index contributed by atoms with van der Waals surface area (Å²) < 4.78 is 5.86. The van der Waals surface area contributed by atoms with Crippen molar-refractivity contribution in [3.05, 3.63) is 119 Å². The number of rotatable bonds is 20. The molecule has 1 fully saturated rings. The summed E-state index contributed by atoms with van der Waals surface area (Å²) in [5, 5.41) is 34.7. The number of carboxylic acid groups (broad SMARTS) is 1.